The molecule has 11 heteroatoms. The number of piperazine rings is 1. The maximum atomic E-state index is 12.8. The minimum Gasteiger partial charge on any atom is -0.339 e. The van der Waals surface area contributed by atoms with E-state index in [0.717, 1.165) is 29.9 Å². The Bertz CT molecular complexity index is 1160. The van der Waals surface area contributed by atoms with Gasteiger partial charge in [0.15, 0.2) is 5.16 Å². The lowest BCUT2D eigenvalue weighted by molar-refractivity contribution is -0.384. The number of nitro groups is 1. The summed E-state index contributed by atoms with van der Waals surface area (Å²) in [5.74, 6) is 0.315. The fourth-order valence-corrected chi connectivity index (χ4v) is 4.64. The average molecular weight is 487 g/mol. The second-order valence-corrected chi connectivity index (χ2v) is 9.14. The second kappa shape index (κ2) is 10.3. The van der Waals surface area contributed by atoms with Crippen LogP contribution in [0.25, 0.3) is 5.69 Å². The summed E-state index contributed by atoms with van der Waals surface area (Å²) in [7, 11) is 0. The van der Waals surface area contributed by atoms with Crippen molar-refractivity contribution in [3.05, 3.63) is 75.1 Å². The maximum Gasteiger partial charge on any atom is 0.269 e. The smallest absolute Gasteiger partial charge is 0.269 e. The first kappa shape index (κ1) is 23.2. The summed E-state index contributed by atoms with van der Waals surface area (Å²) in [6.07, 6.45) is 1.61. The van der Waals surface area contributed by atoms with Gasteiger partial charge in [0.25, 0.3) is 5.69 Å². The maximum absolute atomic E-state index is 12.8. The predicted molar refractivity (Wildman–Crippen MR) is 127 cm³/mol. The van der Waals surface area contributed by atoms with E-state index in [1.54, 1.807) is 18.5 Å². The first-order valence-corrected chi connectivity index (χ1v) is 11.8. The van der Waals surface area contributed by atoms with Gasteiger partial charge in [-0.1, -0.05) is 41.6 Å². The van der Waals surface area contributed by atoms with Crippen LogP contribution in [-0.4, -0.2) is 67.3 Å². The lowest BCUT2D eigenvalue weighted by atomic mass is 10.1. The Morgan fingerprint density at radius 3 is 2.70 bits per heavy atom. The molecule has 0 spiro atoms. The van der Waals surface area contributed by atoms with E-state index in [1.165, 1.54) is 17.8 Å². The van der Waals surface area contributed by atoms with E-state index in [2.05, 4.69) is 15.1 Å². The Morgan fingerprint density at radius 1 is 1.18 bits per heavy atom. The van der Waals surface area contributed by atoms with Crippen LogP contribution >= 0.6 is 23.4 Å². The predicted octanol–water partition coefficient (Wildman–Crippen LogP) is 3.57. The molecule has 3 aromatic rings. The molecule has 172 valence electrons. The number of hydrogen-bond acceptors (Lipinski definition) is 7. The lowest BCUT2D eigenvalue weighted by Gasteiger charge is -2.34. The summed E-state index contributed by atoms with van der Waals surface area (Å²) >= 11 is 7.59. The Hall–Kier alpha value is -2.95. The van der Waals surface area contributed by atoms with Gasteiger partial charge in [0.05, 0.1) is 16.4 Å². The van der Waals surface area contributed by atoms with Crippen molar-refractivity contribution >= 4 is 35.0 Å². The Morgan fingerprint density at radius 2 is 1.97 bits per heavy atom. The molecule has 1 saturated heterocycles. The van der Waals surface area contributed by atoms with Crippen LogP contribution in [0.5, 0.6) is 0 Å². The number of carbonyl (C=O) groups is 1. The number of amides is 1. The zero-order valence-corrected chi connectivity index (χ0v) is 19.6. The number of nitrogens with zero attached hydrogens (tertiary/aromatic N) is 6. The van der Waals surface area contributed by atoms with Gasteiger partial charge in [-0.15, -0.1) is 10.2 Å². The Balaban J connectivity index is 1.29. The molecule has 0 radical (unpaired) electrons. The van der Waals surface area contributed by atoms with E-state index in [0.29, 0.717) is 29.8 Å². The molecule has 9 nitrogen and oxygen atoms in total. The first-order valence-electron chi connectivity index (χ1n) is 10.4. The van der Waals surface area contributed by atoms with Crippen molar-refractivity contribution in [1.82, 2.24) is 24.6 Å². The Labute approximate surface area is 200 Å². The van der Waals surface area contributed by atoms with Crippen LogP contribution in [0.4, 0.5) is 5.69 Å². The molecular formula is C22H23ClN6O3S. The summed E-state index contributed by atoms with van der Waals surface area (Å²) in [6, 6.07) is 12.4. The van der Waals surface area contributed by atoms with Crippen molar-refractivity contribution < 1.29 is 9.72 Å². The number of nitro benzene ring substituents is 1. The molecule has 0 N–H and O–H groups in total. The molecule has 1 aromatic heterocycles. The lowest BCUT2D eigenvalue weighted by Crippen LogP contribution is -2.48. The van der Waals surface area contributed by atoms with Crippen molar-refractivity contribution in [3.8, 4) is 5.69 Å². The highest BCUT2D eigenvalue weighted by atomic mass is 35.5. The van der Waals surface area contributed by atoms with Crippen LogP contribution in [0.1, 0.15) is 11.1 Å². The van der Waals surface area contributed by atoms with Crippen molar-refractivity contribution in [2.45, 2.75) is 18.6 Å². The van der Waals surface area contributed by atoms with Crippen LogP contribution in [0.2, 0.25) is 5.02 Å². The molecule has 1 fully saturated rings. The van der Waals surface area contributed by atoms with Crippen molar-refractivity contribution in [3.63, 3.8) is 0 Å². The van der Waals surface area contributed by atoms with Crippen LogP contribution in [0.15, 0.2) is 53.9 Å². The molecular weight excluding hydrogens is 464 g/mol. The van der Waals surface area contributed by atoms with Crippen molar-refractivity contribution in [1.29, 1.82) is 0 Å². The molecule has 0 bridgehead atoms. The molecule has 4 rings (SSSR count). The molecule has 0 atom stereocenters. The number of non-ortho nitro benzene ring substituents is 1. The molecule has 1 aliphatic heterocycles. The summed E-state index contributed by atoms with van der Waals surface area (Å²) in [6.45, 7) is 5.24. The average Bonchev–Trinajstić information content (AvgIpc) is 3.28. The van der Waals surface area contributed by atoms with Gasteiger partial charge >= 0.3 is 0 Å². The van der Waals surface area contributed by atoms with Gasteiger partial charge in [0.2, 0.25) is 5.91 Å². The minimum absolute atomic E-state index is 0.0477. The fourth-order valence-electron chi connectivity index (χ4n) is 3.63. The summed E-state index contributed by atoms with van der Waals surface area (Å²) in [4.78, 5) is 27.4. The van der Waals surface area contributed by atoms with E-state index in [9.17, 15) is 14.9 Å². The SMILES string of the molecule is Cc1ccc(-n2cnnc2SCC(=O)N2CCN(Cc3cccc([N+](=O)[O-])c3)CC2)cc1Cl. The van der Waals surface area contributed by atoms with Crippen LogP contribution in [0.3, 0.4) is 0 Å². The quantitative estimate of drug-likeness (QED) is 0.286. The van der Waals surface area contributed by atoms with Gasteiger partial charge in [-0.2, -0.15) is 0 Å². The summed E-state index contributed by atoms with van der Waals surface area (Å²) in [5.41, 5.74) is 2.83. The third-order valence-electron chi connectivity index (χ3n) is 5.53. The van der Waals surface area contributed by atoms with E-state index in [-0.39, 0.29) is 22.3 Å². The van der Waals surface area contributed by atoms with Crippen LogP contribution in [-0.2, 0) is 11.3 Å². The number of halogens is 1. The minimum atomic E-state index is -0.383. The number of thioether (sulfide) groups is 1. The fraction of sp³-hybridized carbons (Fsp3) is 0.318. The first-order chi connectivity index (χ1) is 15.9. The molecule has 2 aromatic carbocycles. The monoisotopic (exact) mass is 486 g/mol. The summed E-state index contributed by atoms with van der Waals surface area (Å²) in [5, 5.41) is 20.4. The van der Waals surface area contributed by atoms with Crippen molar-refractivity contribution in [2.75, 3.05) is 31.9 Å². The number of aromatic nitrogens is 3. The van der Waals surface area contributed by atoms with E-state index in [1.807, 2.05) is 40.7 Å². The second-order valence-electron chi connectivity index (χ2n) is 7.79. The van der Waals surface area contributed by atoms with E-state index < -0.39 is 0 Å². The normalized spacial score (nSPS) is 14.4. The van der Waals surface area contributed by atoms with E-state index in [4.69, 9.17) is 11.6 Å². The number of carbonyl (C=O) groups excluding carboxylic acids is 1. The summed E-state index contributed by atoms with van der Waals surface area (Å²) < 4.78 is 1.82. The molecule has 33 heavy (non-hydrogen) atoms. The standard InChI is InChI=1S/C22H23ClN6O3S/c1-16-5-6-18(12-20(16)23)28-15-24-25-22(28)33-14-21(30)27-9-7-26(8-10-27)13-17-3-2-4-19(11-17)29(31)32/h2-6,11-12,15H,7-10,13-14H2,1H3. The third-order valence-corrected chi connectivity index (χ3v) is 6.86. The highest BCUT2D eigenvalue weighted by Crippen LogP contribution is 2.24. The van der Waals surface area contributed by atoms with Gasteiger partial charge in [0, 0.05) is 49.9 Å². The van der Waals surface area contributed by atoms with Gasteiger partial charge in [-0.05, 0) is 30.2 Å². The van der Waals surface area contributed by atoms with Gasteiger partial charge in [-0.3, -0.25) is 24.4 Å². The van der Waals surface area contributed by atoms with Crippen molar-refractivity contribution in [2.24, 2.45) is 0 Å². The Kier molecular flexibility index (Phi) is 7.26. The number of benzene rings is 2. The molecule has 0 aliphatic carbocycles. The number of aryl methyl sites for hydroxylation is 1. The topological polar surface area (TPSA) is 97.4 Å². The van der Waals surface area contributed by atoms with Gasteiger partial charge in [0.1, 0.15) is 6.33 Å². The largest absolute Gasteiger partial charge is 0.339 e. The number of hydrogen-bond donors (Lipinski definition) is 0. The zero-order chi connectivity index (χ0) is 23.4. The van der Waals surface area contributed by atoms with Gasteiger partial charge < -0.3 is 4.90 Å². The van der Waals surface area contributed by atoms with Crippen LogP contribution < -0.4 is 0 Å². The zero-order valence-electron chi connectivity index (χ0n) is 18.1. The van der Waals surface area contributed by atoms with Crippen LogP contribution in [0, 0.1) is 17.0 Å². The van der Waals surface area contributed by atoms with E-state index >= 15 is 0 Å². The van der Waals surface area contributed by atoms with Gasteiger partial charge in [-0.25, -0.2) is 0 Å². The highest BCUT2D eigenvalue weighted by Gasteiger charge is 2.22. The molecule has 0 unspecified atom stereocenters. The highest BCUT2D eigenvalue weighted by molar-refractivity contribution is 7.99. The third kappa shape index (κ3) is 5.70. The molecule has 1 amide bonds. The molecule has 1 aliphatic rings. The molecule has 0 saturated carbocycles. The molecule has 2 heterocycles. The number of rotatable bonds is 7.